The molecule has 0 aliphatic rings. The molecular formula is C11H19N. The lowest BCUT2D eigenvalue weighted by atomic mass is 10.2. The highest BCUT2D eigenvalue weighted by Crippen LogP contribution is 1.92. The van der Waals surface area contributed by atoms with Crippen molar-refractivity contribution in [2.75, 3.05) is 13.1 Å². The molecule has 0 atom stereocenters. The molecule has 0 radical (unpaired) electrons. The molecule has 0 aromatic heterocycles. The van der Waals surface area contributed by atoms with E-state index in [4.69, 9.17) is 6.42 Å². The van der Waals surface area contributed by atoms with E-state index in [1.165, 1.54) is 12.8 Å². The fourth-order valence-corrected chi connectivity index (χ4v) is 0.973. The normalized spacial score (nSPS) is 9.25. The summed E-state index contributed by atoms with van der Waals surface area (Å²) in [4.78, 5) is 0. The van der Waals surface area contributed by atoms with E-state index in [9.17, 15) is 0 Å². The number of terminal acetylenes is 1. The fraction of sp³-hybridized carbons (Fsp3) is 0.636. The van der Waals surface area contributed by atoms with Gasteiger partial charge in [0.1, 0.15) is 0 Å². The van der Waals surface area contributed by atoms with Crippen LogP contribution >= 0.6 is 0 Å². The van der Waals surface area contributed by atoms with Crippen LogP contribution in [-0.2, 0) is 0 Å². The Morgan fingerprint density at radius 3 is 2.67 bits per heavy atom. The topological polar surface area (TPSA) is 12.0 Å². The molecule has 0 heterocycles. The van der Waals surface area contributed by atoms with Crippen molar-refractivity contribution < 1.29 is 0 Å². The van der Waals surface area contributed by atoms with Crippen LogP contribution in [0.15, 0.2) is 12.7 Å². The standard InChI is InChI=1S/C11H19N/c1-3-5-7-9-11-12-10-8-6-4-2/h1,4,12H,2,5-11H2. The van der Waals surface area contributed by atoms with Crippen LogP contribution in [0.5, 0.6) is 0 Å². The Kier molecular flexibility index (Phi) is 9.63. The number of hydrogen-bond acceptors (Lipinski definition) is 1. The van der Waals surface area contributed by atoms with Gasteiger partial charge in [0.25, 0.3) is 0 Å². The van der Waals surface area contributed by atoms with Gasteiger partial charge in [-0.15, -0.1) is 18.9 Å². The van der Waals surface area contributed by atoms with Gasteiger partial charge < -0.3 is 5.32 Å². The molecule has 0 amide bonds. The molecule has 0 aliphatic heterocycles. The lowest BCUT2D eigenvalue weighted by Gasteiger charge is -2.01. The smallest absolute Gasteiger partial charge is 0.00865 e. The number of hydrogen-bond donors (Lipinski definition) is 1. The van der Waals surface area contributed by atoms with E-state index in [-0.39, 0.29) is 0 Å². The zero-order chi connectivity index (χ0) is 9.07. The minimum atomic E-state index is 0.911. The van der Waals surface area contributed by atoms with Gasteiger partial charge in [-0.05, 0) is 38.8 Å². The Labute approximate surface area is 76.2 Å². The lowest BCUT2D eigenvalue weighted by molar-refractivity contribution is 0.612. The third-order valence-electron chi connectivity index (χ3n) is 1.69. The molecular weight excluding hydrogens is 146 g/mol. The highest BCUT2D eigenvalue weighted by atomic mass is 14.8. The van der Waals surface area contributed by atoms with Gasteiger partial charge in [0.2, 0.25) is 0 Å². The van der Waals surface area contributed by atoms with E-state index >= 15 is 0 Å². The maximum atomic E-state index is 5.13. The first-order valence-corrected chi connectivity index (χ1v) is 4.67. The van der Waals surface area contributed by atoms with Crippen LogP contribution in [0.25, 0.3) is 0 Å². The van der Waals surface area contributed by atoms with Gasteiger partial charge in [-0.2, -0.15) is 0 Å². The van der Waals surface area contributed by atoms with Crippen molar-refractivity contribution in [3.05, 3.63) is 12.7 Å². The lowest BCUT2D eigenvalue weighted by Crippen LogP contribution is -2.16. The quantitative estimate of drug-likeness (QED) is 0.331. The zero-order valence-corrected chi connectivity index (χ0v) is 7.81. The third kappa shape index (κ3) is 9.26. The second-order valence-corrected chi connectivity index (χ2v) is 2.84. The van der Waals surface area contributed by atoms with Crippen LogP contribution in [0.4, 0.5) is 0 Å². The molecule has 0 rings (SSSR count). The monoisotopic (exact) mass is 165 g/mol. The van der Waals surface area contributed by atoms with Crippen molar-refractivity contribution in [3.63, 3.8) is 0 Å². The second kappa shape index (κ2) is 10.3. The summed E-state index contributed by atoms with van der Waals surface area (Å²) in [5.41, 5.74) is 0. The summed E-state index contributed by atoms with van der Waals surface area (Å²) in [6.45, 7) is 5.86. The maximum absolute atomic E-state index is 5.13. The van der Waals surface area contributed by atoms with E-state index in [0.717, 1.165) is 32.4 Å². The van der Waals surface area contributed by atoms with E-state index < -0.39 is 0 Å². The van der Waals surface area contributed by atoms with Crippen molar-refractivity contribution in [1.29, 1.82) is 0 Å². The Hall–Kier alpha value is -0.740. The van der Waals surface area contributed by atoms with E-state index in [0.29, 0.717) is 0 Å². The Balaban J connectivity index is 2.82. The number of unbranched alkanes of at least 4 members (excludes halogenated alkanes) is 3. The van der Waals surface area contributed by atoms with Gasteiger partial charge >= 0.3 is 0 Å². The number of nitrogens with one attached hydrogen (secondary N) is 1. The summed E-state index contributed by atoms with van der Waals surface area (Å²) < 4.78 is 0. The average molecular weight is 165 g/mol. The van der Waals surface area contributed by atoms with Gasteiger partial charge in [0, 0.05) is 6.42 Å². The predicted octanol–water partition coefficient (Wildman–Crippen LogP) is 2.35. The van der Waals surface area contributed by atoms with Gasteiger partial charge in [0.15, 0.2) is 0 Å². The molecule has 0 aromatic rings. The van der Waals surface area contributed by atoms with Crippen molar-refractivity contribution in [1.82, 2.24) is 5.32 Å². The van der Waals surface area contributed by atoms with Gasteiger partial charge in [-0.25, -0.2) is 0 Å². The second-order valence-electron chi connectivity index (χ2n) is 2.84. The highest BCUT2D eigenvalue weighted by molar-refractivity contribution is 4.82. The van der Waals surface area contributed by atoms with Crippen molar-refractivity contribution in [2.45, 2.75) is 32.1 Å². The molecule has 0 bridgehead atoms. The van der Waals surface area contributed by atoms with Gasteiger partial charge in [-0.3, -0.25) is 0 Å². The molecule has 0 spiro atoms. The van der Waals surface area contributed by atoms with E-state index in [1.54, 1.807) is 0 Å². The predicted molar refractivity (Wildman–Crippen MR) is 55.0 cm³/mol. The first-order valence-electron chi connectivity index (χ1n) is 4.67. The van der Waals surface area contributed by atoms with Crippen molar-refractivity contribution in [2.24, 2.45) is 0 Å². The molecule has 1 nitrogen and oxygen atoms in total. The summed E-state index contributed by atoms with van der Waals surface area (Å²) in [6, 6.07) is 0. The number of rotatable bonds is 8. The van der Waals surface area contributed by atoms with Crippen LogP contribution in [-0.4, -0.2) is 13.1 Å². The molecule has 0 unspecified atom stereocenters. The first-order chi connectivity index (χ1) is 5.91. The largest absolute Gasteiger partial charge is 0.317 e. The molecule has 0 fully saturated rings. The molecule has 0 saturated heterocycles. The Bertz CT molecular complexity index is 132. The van der Waals surface area contributed by atoms with Crippen LogP contribution < -0.4 is 5.32 Å². The van der Waals surface area contributed by atoms with E-state index in [1.807, 2.05) is 6.08 Å². The minimum absolute atomic E-state index is 0.911. The van der Waals surface area contributed by atoms with Crippen LogP contribution in [0.1, 0.15) is 32.1 Å². The summed E-state index contributed by atoms with van der Waals surface area (Å²) >= 11 is 0. The number of allylic oxidation sites excluding steroid dienone is 1. The fourth-order valence-electron chi connectivity index (χ4n) is 0.973. The Morgan fingerprint density at radius 2 is 2.00 bits per heavy atom. The SMILES string of the molecule is C#CCCCCNCCCC=C. The maximum Gasteiger partial charge on any atom is 0.00865 e. The zero-order valence-electron chi connectivity index (χ0n) is 7.81. The summed E-state index contributed by atoms with van der Waals surface area (Å²) in [7, 11) is 0. The Morgan fingerprint density at radius 1 is 1.25 bits per heavy atom. The molecule has 1 heteroatoms. The molecule has 68 valence electrons. The molecule has 0 aromatic carbocycles. The van der Waals surface area contributed by atoms with Crippen molar-refractivity contribution >= 4 is 0 Å². The molecule has 0 saturated carbocycles. The summed E-state index contributed by atoms with van der Waals surface area (Å²) in [5, 5.41) is 3.36. The third-order valence-corrected chi connectivity index (χ3v) is 1.69. The molecule has 1 N–H and O–H groups in total. The molecule has 12 heavy (non-hydrogen) atoms. The van der Waals surface area contributed by atoms with E-state index in [2.05, 4.69) is 17.8 Å². The van der Waals surface area contributed by atoms with Crippen LogP contribution in [0.2, 0.25) is 0 Å². The van der Waals surface area contributed by atoms with Crippen molar-refractivity contribution in [3.8, 4) is 12.3 Å². The van der Waals surface area contributed by atoms with Crippen LogP contribution in [0, 0.1) is 12.3 Å². The summed E-state index contributed by atoms with van der Waals surface area (Å²) in [6.07, 6.45) is 12.6. The first kappa shape index (κ1) is 11.3. The minimum Gasteiger partial charge on any atom is -0.317 e. The molecule has 0 aliphatic carbocycles. The summed E-state index contributed by atoms with van der Waals surface area (Å²) in [5.74, 6) is 2.64. The van der Waals surface area contributed by atoms with Crippen LogP contribution in [0.3, 0.4) is 0 Å². The van der Waals surface area contributed by atoms with Gasteiger partial charge in [0.05, 0.1) is 0 Å². The van der Waals surface area contributed by atoms with Gasteiger partial charge in [-0.1, -0.05) is 6.08 Å². The highest BCUT2D eigenvalue weighted by Gasteiger charge is 1.86. The average Bonchev–Trinajstić information content (AvgIpc) is 2.10.